The fourth-order valence-corrected chi connectivity index (χ4v) is 3.69. The molecule has 0 amide bonds. The molecule has 1 aliphatic heterocycles. The Balaban J connectivity index is 1.91. The van der Waals surface area contributed by atoms with E-state index in [9.17, 15) is 4.79 Å². The summed E-state index contributed by atoms with van der Waals surface area (Å²) in [6.45, 7) is 2.98. The van der Waals surface area contributed by atoms with Crippen molar-refractivity contribution in [3.63, 3.8) is 0 Å². The molecule has 1 aliphatic rings. The van der Waals surface area contributed by atoms with E-state index in [1.54, 1.807) is 12.1 Å². The molecular weight excluding hydrogens is 352 g/mol. The van der Waals surface area contributed by atoms with Gasteiger partial charge in [-0.05, 0) is 51.7 Å². The molecule has 0 N–H and O–H groups in total. The summed E-state index contributed by atoms with van der Waals surface area (Å²) in [5.74, 6) is 0.128. The lowest BCUT2D eigenvalue weighted by molar-refractivity contribution is 0.0957. The molecule has 0 spiro atoms. The Hall–Kier alpha value is -0.420. The van der Waals surface area contributed by atoms with Crippen molar-refractivity contribution >= 4 is 33.3 Å². The normalized spacial score (nSPS) is 19.4. The lowest BCUT2D eigenvalue weighted by atomic mass is 10.1. The van der Waals surface area contributed by atoms with Crippen LogP contribution in [0.3, 0.4) is 0 Å². The van der Waals surface area contributed by atoms with Crippen LogP contribution < -0.4 is 0 Å². The second kappa shape index (κ2) is 7.73. The zero-order valence-corrected chi connectivity index (χ0v) is 15.0. The Morgan fingerprint density at radius 1 is 1.48 bits per heavy atom. The molecule has 0 radical (unpaired) electrons. The largest absolute Gasteiger partial charge is 0.308 e. The molecule has 1 aromatic rings. The quantitative estimate of drug-likeness (QED) is 0.710. The molecule has 116 valence electrons. The van der Waals surface area contributed by atoms with E-state index in [4.69, 9.17) is 11.6 Å². The van der Waals surface area contributed by atoms with Crippen molar-refractivity contribution in [1.29, 1.82) is 0 Å². The van der Waals surface area contributed by atoms with Gasteiger partial charge in [-0.3, -0.25) is 9.69 Å². The Morgan fingerprint density at radius 2 is 2.24 bits per heavy atom. The first-order valence-electron chi connectivity index (χ1n) is 7.34. The van der Waals surface area contributed by atoms with Crippen molar-refractivity contribution < 1.29 is 4.79 Å². The zero-order chi connectivity index (χ0) is 15.4. The monoisotopic (exact) mass is 372 g/mol. The van der Waals surface area contributed by atoms with Gasteiger partial charge < -0.3 is 4.90 Å². The first-order valence-corrected chi connectivity index (χ1v) is 8.51. The standard InChI is InChI=1S/C16H22BrClN2O/c1-19(2)11-13-4-3-8-20(13)9-7-16(21)14-6-5-12(17)10-15(14)18/h5-6,10,13H,3-4,7-9,11H2,1-2H3. The molecule has 0 aromatic heterocycles. The molecule has 21 heavy (non-hydrogen) atoms. The van der Waals surface area contributed by atoms with Gasteiger partial charge in [0.25, 0.3) is 0 Å². The second-order valence-corrected chi connectivity index (χ2v) is 7.21. The van der Waals surface area contributed by atoms with Gasteiger partial charge in [0.1, 0.15) is 0 Å². The molecule has 0 saturated carbocycles. The number of hydrogen-bond acceptors (Lipinski definition) is 3. The third-order valence-electron chi connectivity index (χ3n) is 3.93. The highest BCUT2D eigenvalue weighted by molar-refractivity contribution is 9.10. The minimum atomic E-state index is 0.128. The summed E-state index contributed by atoms with van der Waals surface area (Å²) in [5.41, 5.74) is 0.628. The molecule has 0 aliphatic carbocycles. The maximum Gasteiger partial charge on any atom is 0.165 e. The number of rotatable bonds is 6. The summed E-state index contributed by atoms with van der Waals surface area (Å²) < 4.78 is 0.898. The number of ketones is 1. The third-order valence-corrected chi connectivity index (χ3v) is 4.74. The predicted octanol–water partition coefficient (Wildman–Crippen LogP) is 3.70. The Kier molecular flexibility index (Phi) is 6.23. The number of carbonyl (C=O) groups is 1. The van der Waals surface area contributed by atoms with Gasteiger partial charge >= 0.3 is 0 Å². The third kappa shape index (κ3) is 4.78. The van der Waals surface area contributed by atoms with Gasteiger partial charge in [0, 0.05) is 35.6 Å². The lowest BCUT2D eigenvalue weighted by Crippen LogP contribution is -2.38. The van der Waals surface area contributed by atoms with Gasteiger partial charge in [-0.15, -0.1) is 0 Å². The van der Waals surface area contributed by atoms with Crippen LogP contribution in [0.15, 0.2) is 22.7 Å². The molecular formula is C16H22BrClN2O. The van der Waals surface area contributed by atoms with Gasteiger partial charge in [0.2, 0.25) is 0 Å². The highest BCUT2D eigenvalue weighted by Crippen LogP contribution is 2.23. The first-order chi connectivity index (χ1) is 9.97. The van der Waals surface area contributed by atoms with Crippen LogP contribution in [0, 0.1) is 0 Å². The number of benzene rings is 1. The van der Waals surface area contributed by atoms with E-state index in [1.807, 2.05) is 6.07 Å². The summed E-state index contributed by atoms with van der Waals surface area (Å²) >= 11 is 9.51. The molecule has 5 heteroatoms. The predicted molar refractivity (Wildman–Crippen MR) is 91.2 cm³/mol. The summed E-state index contributed by atoms with van der Waals surface area (Å²) in [4.78, 5) is 17.0. The van der Waals surface area contributed by atoms with Crippen LogP contribution in [0.1, 0.15) is 29.6 Å². The fraction of sp³-hybridized carbons (Fsp3) is 0.562. The topological polar surface area (TPSA) is 23.6 Å². The van der Waals surface area contributed by atoms with Crippen molar-refractivity contribution in [1.82, 2.24) is 9.80 Å². The summed E-state index contributed by atoms with van der Waals surface area (Å²) in [6, 6.07) is 6.02. The number of hydrogen-bond donors (Lipinski definition) is 0. The summed E-state index contributed by atoms with van der Waals surface area (Å²) in [7, 11) is 4.20. The van der Waals surface area contributed by atoms with Crippen LogP contribution in [0.4, 0.5) is 0 Å². The van der Waals surface area contributed by atoms with Crippen LogP contribution in [0.25, 0.3) is 0 Å². The highest BCUT2D eigenvalue weighted by atomic mass is 79.9. The van der Waals surface area contributed by atoms with E-state index in [0.29, 0.717) is 23.0 Å². The summed E-state index contributed by atoms with van der Waals surface area (Å²) in [5, 5.41) is 0.528. The summed E-state index contributed by atoms with van der Waals surface area (Å²) in [6.07, 6.45) is 2.99. The van der Waals surface area contributed by atoms with E-state index in [1.165, 1.54) is 12.8 Å². The molecule has 2 rings (SSSR count). The van der Waals surface area contributed by atoms with Gasteiger partial charge in [0.15, 0.2) is 5.78 Å². The molecule has 3 nitrogen and oxygen atoms in total. The SMILES string of the molecule is CN(C)CC1CCCN1CCC(=O)c1ccc(Br)cc1Cl. The first kappa shape index (κ1) is 16.9. The van der Waals surface area contributed by atoms with Crippen molar-refractivity contribution in [3.05, 3.63) is 33.3 Å². The average molecular weight is 374 g/mol. The zero-order valence-electron chi connectivity index (χ0n) is 12.6. The number of carbonyl (C=O) groups excluding carboxylic acids is 1. The number of likely N-dealkylation sites (tertiary alicyclic amines) is 1. The molecule has 1 fully saturated rings. The Labute approximate surface area is 140 Å². The van der Waals surface area contributed by atoms with Crippen molar-refractivity contribution in [2.24, 2.45) is 0 Å². The molecule has 1 aromatic carbocycles. The van der Waals surface area contributed by atoms with Gasteiger partial charge in [0.05, 0.1) is 5.02 Å². The van der Waals surface area contributed by atoms with Crippen LogP contribution in [-0.4, -0.2) is 55.4 Å². The minimum Gasteiger partial charge on any atom is -0.308 e. The van der Waals surface area contributed by atoms with Gasteiger partial charge in [-0.25, -0.2) is 0 Å². The second-order valence-electron chi connectivity index (χ2n) is 5.89. The van der Waals surface area contributed by atoms with E-state index >= 15 is 0 Å². The van der Waals surface area contributed by atoms with Crippen molar-refractivity contribution in [2.75, 3.05) is 33.7 Å². The Morgan fingerprint density at radius 3 is 2.90 bits per heavy atom. The molecule has 1 unspecified atom stereocenters. The van der Waals surface area contributed by atoms with E-state index in [-0.39, 0.29) is 5.78 Å². The Bertz CT molecular complexity index is 507. The molecule has 1 saturated heterocycles. The number of nitrogens with zero attached hydrogens (tertiary/aromatic N) is 2. The maximum atomic E-state index is 12.3. The van der Waals surface area contributed by atoms with E-state index in [0.717, 1.165) is 24.1 Å². The average Bonchev–Trinajstić information content (AvgIpc) is 2.82. The molecule has 1 heterocycles. The van der Waals surface area contributed by atoms with Gasteiger partial charge in [-0.2, -0.15) is 0 Å². The number of likely N-dealkylation sites (N-methyl/N-ethyl adjacent to an activating group) is 1. The van der Waals surface area contributed by atoms with Crippen molar-refractivity contribution in [2.45, 2.75) is 25.3 Å². The van der Waals surface area contributed by atoms with Crippen LogP contribution in [-0.2, 0) is 0 Å². The van der Waals surface area contributed by atoms with Crippen LogP contribution >= 0.6 is 27.5 Å². The van der Waals surface area contributed by atoms with E-state index in [2.05, 4.69) is 39.8 Å². The maximum absolute atomic E-state index is 12.3. The fourth-order valence-electron chi connectivity index (χ4n) is 2.91. The highest BCUT2D eigenvalue weighted by Gasteiger charge is 2.25. The minimum absolute atomic E-state index is 0.128. The smallest absolute Gasteiger partial charge is 0.165 e. The van der Waals surface area contributed by atoms with Crippen LogP contribution in [0.5, 0.6) is 0 Å². The van der Waals surface area contributed by atoms with E-state index < -0.39 is 0 Å². The van der Waals surface area contributed by atoms with Crippen molar-refractivity contribution in [3.8, 4) is 0 Å². The van der Waals surface area contributed by atoms with Gasteiger partial charge in [-0.1, -0.05) is 27.5 Å². The number of halogens is 2. The van der Waals surface area contributed by atoms with Crippen LogP contribution in [0.2, 0.25) is 5.02 Å². The molecule has 1 atom stereocenters. The molecule has 0 bridgehead atoms. The number of Topliss-reactive ketones (excluding diaryl/α,β-unsaturated/α-hetero) is 1. The lowest BCUT2D eigenvalue weighted by Gasteiger charge is -2.26.